The number of nitrogens with zero attached hydrogens (tertiary/aromatic N) is 1. The van der Waals surface area contributed by atoms with E-state index >= 15 is 0 Å². The first kappa shape index (κ1) is 16.0. The molecule has 2 rings (SSSR count). The van der Waals surface area contributed by atoms with Gasteiger partial charge in [-0.3, -0.25) is 9.59 Å². The minimum absolute atomic E-state index is 0.0120. The molecule has 2 unspecified atom stereocenters. The van der Waals surface area contributed by atoms with E-state index in [0.717, 1.165) is 4.88 Å². The van der Waals surface area contributed by atoms with Crippen molar-refractivity contribution < 1.29 is 9.59 Å². The highest BCUT2D eigenvalue weighted by Crippen LogP contribution is 2.33. The van der Waals surface area contributed by atoms with Crippen LogP contribution in [0.4, 0.5) is 0 Å². The first-order valence-corrected chi connectivity index (χ1v) is 8.22. The van der Waals surface area contributed by atoms with Gasteiger partial charge in [0, 0.05) is 4.88 Å². The molecule has 1 saturated heterocycles. The van der Waals surface area contributed by atoms with Gasteiger partial charge in [0.1, 0.15) is 11.6 Å². The minimum atomic E-state index is -0.796. The summed E-state index contributed by atoms with van der Waals surface area (Å²) >= 11 is 1.61. The standard InChI is InChI=1S/C16H24N2O2S/c1-6-16(5)14(20)18(10-11-8-7-9-21-11)12(13(19)17-16)15(2,3)4/h7-9,12H,6,10H2,1-5H3,(H,17,19). The van der Waals surface area contributed by atoms with E-state index in [-0.39, 0.29) is 17.2 Å². The zero-order chi connectivity index (χ0) is 15.8. The van der Waals surface area contributed by atoms with E-state index in [2.05, 4.69) is 5.32 Å². The van der Waals surface area contributed by atoms with E-state index in [4.69, 9.17) is 0 Å². The second kappa shape index (κ2) is 5.44. The summed E-state index contributed by atoms with van der Waals surface area (Å²) in [4.78, 5) is 28.4. The van der Waals surface area contributed by atoms with Gasteiger partial charge in [-0.1, -0.05) is 33.8 Å². The van der Waals surface area contributed by atoms with Crippen LogP contribution in [0.25, 0.3) is 0 Å². The molecule has 0 radical (unpaired) electrons. The maximum absolute atomic E-state index is 12.9. The van der Waals surface area contributed by atoms with Crippen molar-refractivity contribution in [3.63, 3.8) is 0 Å². The summed E-state index contributed by atoms with van der Waals surface area (Å²) < 4.78 is 0. The number of carbonyl (C=O) groups is 2. The molecule has 5 heteroatoms. The minimum Gasteiger partial charge on any atom is -0.340 e. The highest BCUT2D eigenvalue weighted by atomic mass is 32.1. The van der Waals surface area contributed by atoms with Crippen molar-refractivity contribution in [3.05, 3.63) is 22.4 Å². The molecule has 0 saturated carbocycles. The van der Waals surface area contributed by atoms with Gasteiger partial charge in [-0.2, -0.15) is 0 Å². The van der Waals surface area contributed by atoms with Crippen LogP contribution in [-0.4, -0.2) is 28.3 Å². The van der Waals surface area contributed by atoms with Crippen LogP contribution in [0.5, 0.6) is 0 Å². The lowest BCUT2D eigenvalue weighted by Gasteiger charge is -2.48. The molecule has 0 bridgehead atoms. The van der Waals surface area contributed by atoms with E-state index < -0.39 is 11.6 Å². The van der Waals surface area contributed by atoms with Crippen molar-refractivity contribution in [2.45, 2.75) is 59.2 Å². The Morgan fingerprint density at radius 1 is 1.38 bits per heavy atom. The lowest BCUT2D eigenvalue weighted by Crippen LogP contribution is -2.71. The van der Waals surface area contributed by atoms with Crippen LogP contribution in [0.3, 0.4) is 0 Å². The molecule has 1 N–H and O–H groups in total. The van der Waals surface area contributed by atoms with Crippen LogP contribution in [-0.2, 0) is 16.1 Å². The summed E-state index contributed by atoms with van der Waals surface area (Å²) in [7, 11) is 0. The smallest absolute Gasteiger partial charge is 0.249 e. The molecule has 116 valence electrons. The van der Waals surface area contributed by atoms with Crippen molar-refractivity contribution in [1.82, 2.24) is 10.2 Å². The van der Waals surface area contributed by atoms with Crippen molar-refractivity contribution in [2.24, 2.45) is 5.41 Å². The molecule has 1 aliphatic heterocycles. The maximum atomic E-state index is 12.9. The van der Waals surface area contributed by atoms with Crippen LogP contribution < -0.4 is 5.32 Å². The second-order valence-electron chi connectivity index (χ2n) is 6.96. The van der Waals surface area contributed by atoms with Gasteiger partial charge in [-0.05, 0) is 30.2 Å². The van der Waals surface area contributed by atoms with E-state index in [1.54, 1.807) is 16.2 Å². The monoisotopic (exact) mass is 308 g/mol. The van der Waals surface area contributed by atoms with Crippen LogP contribution >= 0.6 is 11.3 Å². The van der Waals surface area contributed by atoms with Gasteiger partial charge in [0.05, 0.1) is 6.54 Å². The molecular weight excluding hydrogens is 284 g/mol. The number of thiophene rings is 1. The van der Waals surface area contributed by atoms with Gasteiger partial charge >= 0.3 is 0 Å². The molecule has 0 spiro atoms. The van der Waals surface area contributed by atoms with Crippen molar-refractivity contribution in [2.75, 3.05) is 0 Å². The quantitative estimate of drug-likeness (QED) is 0.933. The molecule has 2 heterocycles. The SMILES string of the molecule is CCC1(C)NC(=O)C(C(C)(C)C)N(Cc2cccs2)C1=O. The van der Waals surface area contributed by atoms with Crippen molar-refractivity contribution in [3.8, 4) is 0 Å². The Morgan fingerprint density at radius 2 is 2.05 bits per heavy atom. The molecule has 1 fully saturated rings. The van der Waals surface area contributed by atoms with Crippen LogP contribution in [0.2, 0.25) is 0 Å². The van der Waals surface area contributed by atoms with Crippen LogP contribution in [0, 0.1) is 5.41 Å². The topological polar surface area (TPSA) is 49.4 Å². The third-order valence-corrected chi connectivity index (χ3v) is 4.99. The molecule has 0 aliphatic carbocycles. The fourth-order valence-electron chi connectivity index (χ4n) is 2.80. The van der Waals surface area contributed by atoms with Crippen molar-refractivity contribution in [1.29, 1.82) is 0 Å². The summed E-state index contributed by atoms with van der Waals surface area (Å²) in [5.41, 5.74) is -1.10. The van der Waals surface area contributed by atoms with Gasteiger partial charge in [-0.25, -0.2) is 0 Å². The molecule has 1 aliphatic rings. The number of piperazine rings is 1. The van der Waals surface area contributed by atoms with Gasteiger partial charge < -0.3 is 10.2 Å². The van der Waals surface area contributed by atoms with Gasteiger partial charge in [-0.15, -0.1) is 11.3 Å². The Bertz CT molecular complexity index is 533. The Hall–Kier alpha value is -1.36. The maximum Gasteiger partial charge on any atom is 0.249 e. The number of hydrogen-bond acceptors (Lipinski definition) is 3. The summed E-state index contributed by atoms with van der Waals surface area (Å²) in [6.45, 7) is 10.2. The Kier molecular flexibility index (Phi) is 4.15. The summed E-state index contributed by atoms with van der Waals surface area (Å²) in [6.07, 6.45) is 0.593. The molecule has 4 nitrogen and oxygen atoms in total. The third kappa shape index (κ3) is 2.98. The van der Waals surface area contributed by atoms with Gasteiger partial charge in [0.25, 0.3) is 0 Å². The normalized spacial score (nSPS) is 26.9. The van der Waals surface area contributed by atoms with Crippen LogP contribution in [0.1, 0.15) is 45.9 Å². The van der Waals surface area contributed by atoms with E-state index in [0.29, 0.717) is 13.0 Å². The molecule has 0 aromatic carbocycles. The van der Waals surface area contributed by atoms with Crippen molar-refractivity contribution >= 4 is 23.2 Å². The molecule has 21 heavy (non-hydrogen) atoms. The molecule has 1 aromatic rings. The number of carbonyl (C=O) groups excluding carboxylic acids is 2. The lowest BCUT2D eigenvalue weighted by molar-refractivity contribution is -0.159. The Balaban J connectivity index is 2.40. The van der Waals surface area contributed by atoms with E-state index in [1.807, 2.05) is 52.1 Å². The van der Waals surface area contributed by atoms with E-state index in [1.165, 1.54) is 0 Å². The van der Waals surface area contributed by atoms with E-state index in [9.17, 15) is 9.59 Å². The number of rotatable bonds is 3. The Labute approximate surface area is 130 Å². The fraction of sp³-hybridized carbons (Fsp3) is 0.625. The number of nitrogens with one attached hydrogen (secondary N) is 1. The predicted octanol–water partition coefficient (Wildman–Crippen LogP) is 2.79. The molecule has 1 aromatic heterocycles. The highest BCUT2D eigenvalue weighted by Gasteiger charge is 2.50. The summed E-state index contributed by atoms with van der Waals surface area (Å²) in [5.74, 6) is -0.0408. The molecule has 2 amide bonds. The second-order valence-corrected chi connectivity index (χ2v) is 7.99. The third-order valence-electron chi connectivity index (χ3n) is 4.13. The number of hydrogen-bond donors (Lipinski definition) is 1. The predicted molar refractivity (Wildman–Crippen MR) is 85.0 cm³/mol. The average Bonchev–Trinajstić information content (AvgIpc) is 2.86. The Morgan fingerprint density at radius 3 is 2.52 bits per heavy atom. The average molecular weight is 308 g/mol. The molecular formula is C16H24N2O2S. The molecule has 2 atom stereocenters. The first-order valence-electron chi connectivity index (χ1n) is 7.34. The fourth-order valence-corrected chi connectivity index (χ4v) is 3.51. The van der Waals surface area contributed by atoms with Crippen LogP contribution in [0.15, 0.2) is 17.5 Å². The zero-order valence-electron chi connectivity index (χ0n) is 13.4. The summed E-state index contributed by atoms with van der Waals surface area (Å²) in [5, 5.41) is 4.93. The van der Waals surface area contributed by atoms with Gasteiger partial charge in [0.15, 0.2) is 0 Å². The summed E-state index contributed by atoms with van der Waals surface area (Å²) in [6, 6.07) is 3.54. The number of amides is 2. The lowest BCUT2D eigenvalue weighted by atomic mass is 9.80. The highest BCUT2D eigenvalue weighted by molar-refractivity contribution is 7.09. The van der Waals surface area contributed by atoms with Gasteiger partial charge in [0.2, 0.25) is 11.8 Å². The first-order chi connectivity index (χ1) is 9.69. The largest absolute Gasteiger partial charge is 0.340 e. The zero-order valence-corrected chi connectivity index (χ0v) is 14.2.